The molecule has 2 heteroatoms. The Morgan fingerprint density at radius 1 is 0.500 bits per heavy atom. The molecule has 0 fully saturated rings. The van der Waals surface area contributed by atoms with Crippen LogP contribution in [0.2, 0.25) is 0 Å². The molecule has 0 N–H and O–H groups in total. The third kappa shape index (κ3) is 29.4. The van der Waals surface area contributed by atoms with Crippen LogP contribution in [0.25, 0.3) is 0 Å². The maximum atomic E-state index is 2.27. The average molecular weight is 247 g/mol. The lowest BCUT2D eigenvalue weighted by Crippen LogP contribution is -1.77. The van der Waals surface area contributed by atoms with Gasteiger partial charge in [0.2, 0.25) is 0 Å². The van der Waals surface area contributed by atoms with Crippen LogP contribution in [-0.2, 0) is 0 Å². The van der Waals surface area contributed by atoms with E-state index in [9.17, 15) is 0 Å². The third-order valence-corrected chi connectivity index (χ3v) is 1.96. The number of hydrogen-bond acceptors (Lipinski definition) is 0. The van der Waals surface area contributed by atoms with E-state index < -0.39 is 0 Å². The second-order valence-electron chi connectivity index (χ2n) is 3.12. The van der Waals surface area contributed by atoms with Crippen molar-refractivity contribution in [3.8, 4) is 0 Å². The molecular weight excluding hydrogens is 215 g/mol. The van der Waals surface area contributed by atoms with Crippen molar-refractivity contribution in [3.05, 3.63) is 0 Å². The second-order valence-corrected chi connectivity index (χ2v) is 3.12. The lowest BCUT2D eigenvalue weighted by Gasteiger charge is -1.97. The number of rotatable bonds is 7. The maximum absolute atomic E-state index is 2.27. The van der Waals surface area contributed by atoms with Crippen molar-refractivity contribution in [1.29, 1.82) is 0 Å². The van der Waals surface area contributed by atoms with Crippen LogP contribution in [0.1, 0.15) is 80.1 Å². The lowest BCUT2D eigenvalue weighted by atomic mass is 10.1. The molecule has 14 heavy (non-hydrogen) atoms. The smallest absolute Gasteiger partial charge is 0.0533 e. The molecule has 0 aliphatic carbocycles. The van der Waals surface area contributed by atoms with E-state index in [1.807, 2.05) is 0 Å². The molecule has 94 valence electrons. The molecule has 0 unspecified atom stereocenters. The van der Waals surface area contributed by atoms with Crippen LogP contribution in [0.3, 0.4) is 0 Å². The second kappa shape index (κ2) is 29.2. The molecular formula is C12H32Cl2. The zero-order valence-corrected chi connectivity index (χ0v) is 10.1. The molecule has 0 radical (unpaired) electrons. The Morgan fingerprint density at radius 2 is 0.714 bits per heavy atom. The molecule has 0 bridgehead atoms. The Labute approximate surface area is 105 Å². The first-order valence-corrected chi connectivity index (χ1v) is 4.91. The summed E-state index contributed by atoms with van der Waals surface area (Å²) in [5, 5.41) is 0. The van der Waals surface area contributed by atoms with Gasteiger partial charge in [0.1, 0.15) is 0 Å². The fraction of sp³-hybridized carbons (Fsp3) is 1.00. The summed E-state index contributed by atoms with van der Waals surface area (Å²) in [6.45, 7) is 4.54. The van der Waals surface area contributed by atoms with Crippen LogP contribution < -0.4 is 0 Å². The van der Waals surface area contributed by atoms with Crippen molar-refractivity contribution < 1.29 is 0 Å². The standard InChI is InChI=1S/C10H22.2CH4.2ClH/c1-3-5-7-9-10-8-6-4-2;;;;/h3-10H2,1-2H3;2*1H4;2*1H. The fourth-order valence-corrected chi connectivity index (χ4v) is 1.21. The fourth-order valence-electron chi connectivity index (χ4n) is 1.21. The van der Waals surface area contributed by atoms with Gasteiger partial charge in [0.05, 0.1) is 0 Å². The molecule has 0 atom stereocenters. The van der Waals surface area contributed by atoms with E-state index in [0.29, 0.717) is 0 Å². The van der Waals surface area contributed by atoms with Crippen LogP contribution in [0, 0.1) is 0 Å². The highest BCUT2D eigenvalue weighted by atomic mass is 35.5. The number of hydrogen-bond donors (Lipinski definition) is 0. The van der Waals surface area contributed by atoms with Crippen LogP contribution in [0.5, 0.6) is 0 Å². The summed E-state index contributed by atoms with van der Waals surface area (Å²) < 4.78 is 0. The molecule has 0 spiro atoms. The van der Waals surface area contributed by atoms with Gasteiger partial charge in [0.25, 0.3) is 0 Å². The molecule has 0 saturated carbocycles. The van der Waals surface area contributed by atoms with Gasteiger partial charge in [-0.05, 0) is 0 Å². The first-order chi connectivity index (χ1) is 4.91. The summed E-state index contributed by atoms with van der Waals surface area (Å²) in [4.78, 5) is 0. The predicted octanol–water partition coefficient (Wildman–Crippen LogP) is 6.26. The van der Waals surface area contributed by atoms with E-state index in [-0.39, 0.29) is 39.7 Å². The first-order valence-electron chi connectivity index (χ1n) is 4.91. The van der Waals surface area contributed by atoms with E-state index in [4.69, 9.17) is 0 Å². The van der Waals surface area contributed by atoms with Crippen molar-refractivity contribution in [2.75, 3.05) is 0 Å². The van der Waals surface area contributed by atoms with Crippen LogP contribution >= 0.6 is 24.8 Å². The minimum Gasteiger partial charge on any atom is -0.147 e. The number of unbranched alkanes of at least 4 members (excludes halogenated alkanes) is 7. The Balaban J connectivity index is -0.0000000675. The van der Waals surface area contributed by atoms with Crippen LogP contribution in [-0.4, -0.2) is 0 Å². The minimum absolute atomic E-state index is 0. The molecule has 0 amide bonds. The molecule has 0 aliphatic rings. The van der Waals surface area contributed by atoms with Crippen LogP contribution in [0.15, 0.2) is 0 Å². The Hall–Kier alpha value is 0.580. The summed E-state index contributed by atoms with van der Waals surface area (Å²) in [5.41, 5.74) is 0. The third-order valence-electron chi connectivity index (χ3n) is 1.96. The van der Waals surface area contributed by atoms with Gasteiger partial charge in [-0.15, -0.1) is 24.8 Å². The average Bonchev–Trinajstić information content (AvgIpc) is 1.97. The van der Waals surface area contributed by atoms with Gasteiger partial charge in [-0.25, -0.2) is 0 Å². The van der Waals surface area contributed by atoms with Gasteiger partial charge >= 0.3 is 0 Å². The highest BCUT2D eigenvalue weighted by Crippen LogP contribution is 2.07. The first kappa shape index (κ1) is 29.3. The number of halogens is 2. The summed E-state index contributed by atoms with van der Waals surface area (Å²) >= 11 is 0. The largest absolute Gasteiger partial charge is 0.147 e. The Bertz CT molecular complexity index is 48.3. The molecule has 0 aromatic rings. The van der Waals surface area contributed by atoms with Gasteiger partial charge in [0.15, 0.2) is 0 Å². The van der Waals surface area contributed by atoms with Gasteiger partial charge in [0, 0.05) is 0 Å². The zero-order valence-electron chi connectivity index (χ0n) is 8.47. The molecule has 0 aromatic heterocycles. The predicted molar refractivity (Wildman–Crippen MR) is 76.2 cm³/mol. The van der Waals surface area contributed by atoms with E-state index in [0.717, 1.165) is 0 Å². The van der Waals surface area contributed by atoms with Crippen molar-refractivity contribution in [2.24, 2.45) is 0 Å². The minimum atomic E-state index is 0. The highest BCUT2D eigenvalue weighted by molar-refractivity contribution is 5.85. The van der Waals surface area contributed by atoms with Gasteiger partial charge in [-0.1, -0.05) is 80.1 Å². The molecule has 0 nitrogen and oxygen atoms in total. The quantitative estimate of drug-likeness (QED) is 0.465. The monoisotopic (exact) mass is 246 g/mol. The molecule has 0 saturated heterocycles. The van der Waals surface area contributed by atoms with E-state index in [1.165, 1.54) is 51.4 Å². The summed E-state index contributed by atoms with van der Waals surface area (Å²) in [7, 11) is 0. The van der Waals surface area contributed by atoms with Crippen LogP contribution in [0.4, 0.5) is 0 Å². The summed E-state index contributed by atoms with van der Waals surface area (Å²) in [5.74, 6) is 0. The van der Waals surface area contributed by atoms with E-state index in [2.05, 4.69) is 13.8 Å². The summed E-state index contributed by atoms with van der Waals surface area (Å²) in [6.07, 6.45) is 11.5. The summed E-state index contributed by atoms with van der Waals surface area (Å²) in [6, 6.07) is 0. The van der Waals surface area contributed by atoms with Gasteiger partial charge in [-0.2, -0.15) is 0 Å². The van der Waals surface area contributed by atoms with Gasteiger partial charge < -0.3 is 0 Å². The topological polar surface area (TPSA) is 0 Å². The molecule has 0 rings (SSSR count). The molecule has 0 aliphatic heterocycles. The zero-order chi connectivity index (χ0) is 7.66. The lowest BCUT2D eigenvalue weighted by molar-refractivity contribution is 0.585. The molecule has 0 aromatic carbocycles. The van der Waals surface area contributed by atoms with Crippen molar-refractivity contribution in [1.82, 2.24) is 0 Å². The van der Waals surface area contributed by atoms with E-state index >= 15 is 0 Å². The van der Waals surface area contributed by atoms with Crippen molar-refractivity contribution in [3.63, 3.8) is 0 Å². The van der Waals surface area contributed by atoms with Gasteiger partial charge in [-0.3, -0.25) is 0 Å². The van der Waals surface area contributed by atoms with Crippen molar-refractivity contribution in [2.45, 2.75) is 80.1 Å². The van der Waals surface area contributed by atoms with Crippen molar-refractivity contribution >= 4 is 24.8 Å². The van der Waals surface area contributed by atoms with E-state index in [1.54, 1.807) is 0 Å². The molecule has 0 heterocycles. The SMILES string of the molecule is C.C.CCCCCCCCCC.Cl.Cl. The Morgan fingerprint density at radius 3 is 0.929 bits per heavy atom. The highest BCUT2D eigenvalue weighted by Gasteiger charge is 1.87. The maximum Gasteiger partial charge on any atom is -0.0533 e. The normalized spacial score (nSPS) is 7.29. The Kier molecular flexibility index (Phi) is 61.1.